The summed E-state index contributed by atoms with van der Waals surface area (Å²) in [5, 5.41) is 9.84. The van der Waals surface area contributed by atoms with E-state index in [1.54, 1.807) is 14.0 Å². The van der Waals surface area contributed by atoms with E-state index in [1.807, 2.05) is 0 Å². The van der Waals surface area contributed by atoms with Gasteiger partial charge < -0.3 is 14.6 Å². The number of piperidine rings is 1. The van der Waals surface area contributed by atoms with Gasteiger partial charge in [0.25, 0.3) is 0 Å². The number of nitrogens with zero attached hydrogens (tertiary/aromatic N) is 1. The molecule has 1 N–H and O–H groups in total. The number of carbonyl (C=O) groups excluding carboxylic acids is 1. The van der Waals surface area contributed by atoms with E-state index in [1.165, 1.54) is 0 Å². The Bertz CT molecular complexity index is 259. The van der Waals surface area contributed by atoms with Crippen molar-refractivity contribution in [2.45, 2.75) is 38.9 Å². The first-order valence-corrected chi connectivity index (χ1v) is 6.65. The van der Waals surface area contributed by atoms with Gasteiger partial charge in [-0.2, -0.15) is 0 Å². The summed E-state index contributed by atoms with van der Waals surface area (Å²) in [6.07, 6.45) is 0.686. The summed E-state index contributed by atoms with van der Waals surface area (Å²) in [6, 6.07) is 0. The smallest absolute Gasteiger partial charge is 0.308 e. The number of hydrogen-bond acceptors (Lipinski definition) is 5. The number of carbonyl (C=O) groups is 1. The molecule has 1 aliphatic heterocycles. The van der Waals surface area contributed by atoms with Crippen LogP contribution in [-0.2, 0) is 14.3 Å². The Hall–Kier alpha value is -0.650. The SMILES string of the molecule is CCOC(=O)CC(O)CN1CCC(C)C(OC)C1. The third-order valence-electron chi connectivity index (χ3n) is 3.45. The zero-order chi connectivity index (χ0) is 13.5. The number of ether oxygens (including phenoxy) is 2. The van der Waals surface area contributed by atoms with Crippen molar-refractivity contribution in [1.82, 2.24) is 4.90 Å². The first kappa shape index (κ1) is 15.4. The van der Waals surface area contributed by atoms with Crippen LogP contribution < -0.4 is 0 Å². The van der Waals surface area contributed by atoms with E-state index in [0.717, 1.165) is 19.5 Å². The first-order chi connectivity index (χ1) is 8.56. The number of aliphatic hydroxyl groups excluding tert-OH is 1. The Kier molecular flexibility index (Phi) is 6.60. The first-order valence-electron chi connectivity index (χ1n) is 6.65. The fourth-order valence-electron chi connectivity index (χ4n) is 2.35. The van der Waals surface area contributed by atoms with Gasteiger partial charge in [-0.05, 0) is 25.8 Å². The minimum atomic E-state index is -0.657. The van der Waals surface area contributed by atoms with Crippen molar-refractivity contribution >= 4 is 5.97 Å². The Morgan fingerprint density at radius 1 is 1.56 bits per heavy atom. The summed E-state index contributed by atoms with van der Waals surface area (Å²) in [7, 11) is 1.72. The Morgan fingerprint density at radius 3 is 2.89 bits per heavy atom. The van der Waals surface area contributed by atoms with Gasteiger partial charge in [0.05, 0.1) is 25.2 Å². The van der Waals surface area contributed by atoms with Gasteiger partial charge in [-0.1, -0.05) is 6.92 Å². The van der Waals surface area contributed by atoms with Gasteiger partial charge in [0.15, 0.2) is 0 Å². The predicted octanol–water partition coefficient (Wildman–Crippen LogP) is 0.657. The van der Waals surface area contributed by atoms with Gasteiger partial charge in [0, 0.05) is 20.2 Å². The van der Waals surface area contributed by atoms with Crippen molar-refractivity contribution in [1.29, 1.82) is 0 Å². The van der Waals surface area contributed by atoms with Crippen LogP contribution >= 0.6 is 0 Å². The van der Waals surface area contributed by atoms with Crippen molar-refractivity contribution < 1.29 is 19.4 Å². The molecule has 5 nitrogen and oxygen atoms in total. The molecule has 5 heteroatoms. The molecule has 0 aromatic carbocycles. The third kappa shape index (κ3) is 4.92. The Balaban J connectivity index is 2.31. The maximum atomic E-state index is 11.2. The average Bonchev–Trinajstić information content (AvgIpc) is 2.31. The molecule has 0 saturated carbocycles. The molecule has 1 saturated heterocycles. The predicted molar refractivity (Wildman–Crippen MR) is 68.3 cm³/mol. The molecule has 18 heavy (non-hydrogen) atoms. The second kappa shape index (κ2) is 7.71. The van der Waals surface area contributed by atoms with E-state index < -0.39 is 6.10 Å². The van der Waals surface area contributed by atoms with Crippen LogP contribution in [0.15, 0.2) is 0 Å². The lowest BCUT2D eigenvalue weighted by Crippen LogP contribution is -2.46. The minimum absolute atomic E-state index is 0.0670. The average molecular weight is 259 g/mol. The standard InChI is InChI=1S/C13H25NO4/c1-4-18-13(16)7-11(15)8-14-6-5-10(2)12(9-14)17-3/h10-12,15H,4-9H2,1-3H3. The highest BCUT2D eigenvalue weighted by Gasteiger charge is 2.27. The number of rotatable bonds is 6. The van der Waals surface area contributed by atoms with Crippen LogP contribution in [-0.4, -0.2) is 61.5 Å². The normalized spacial score (nSPS) is 26.9. The largest absolute Gasteiger partial charge is 0.466 e. The second-order valence-corrected chi connectivity index (χ2v) is 4.96. The maximum Gasteiger partial charge on any atom is 0.308 e. The number of hydrogen-bond donors (Lipinski definition) is 1. The summed E-state index contributed by atoms with van der Waals surface area (Å²) in [5.41, 5.74) is 0. The molecule has 0 aliphatic carbocycles. The monoisotopic (exact) mass is 259 g/mol. The lowest BCUT2D eigenvalue weighted by Gasteiger charge is -2.36. The van der Waals surface area contributed by atoms with Crippen LogP contribution in [0.25, 0.3) is 0 Å². The minimum Gasteiger partial charge on any atom is -0.466 e. The van der Waals surface area contributed by atoms with Gasteiger partial charge in [-0.3, -0.25) is 9.69 Å². The van der Waals surface area contributed by atoms with Crippen molar-refractivity contribution in [3.05, 3.63) is 0 Å². The topological polar surface area (TPSA) is 59.0 Å². The molecule has 1 heterocycles. The van der Waals surface area contributed by atoms with Gasteiger partial charge in [0.1, 0.15) is 0 Å². The summed E-state index contributed by atoms with van der Waals surface area (Å²) >= 11 is 0. The summed E-state index contributed by atoms with van der Waals surface area (Å²) in [6.45, 7) is 6.57. The lowest BCUT2D eigenvalue weighted by atomic mass is 9.95. The molecule has 106 valence electrons. The zero-order valence-corrected chi connectivity index (χ0v) is 11.6. The van der Waals surface area contributed by atoms with Gasteiger partial charge >= 0.3 is 5.97 Å². The summed E-state index contributed by atoms with van der Waals surface area (Å²) < 4.78 is 10.2. The van der Waals surface area contributed by atoms with Crippen LogP contribution in [0.5, 0.6) is 0 Å². The lowest BCUT2D eigenvalue weighted by molar-refractivity contribution is -0.145. The van der Waals surface area contributed by atoms with Crippen LogP contribution in [0.1, 0.15) is 26.7 Å². The second-order valence-electron chi connectivity index (χ2n) is 4.96. The number of β-amino-alcohol motifs (C(OH)–C–C–N with tert-alkyl or cyclic N) is 1. The quantitative estimate of drug-likeness (QED) is 0.710. The molecule has 0 radical (unpaired) electrons. The molecular formula is C13H25NO4. The molecule has 3 unspecified atom stereocenters. The van der Waals surface area contributed by atoms with Crippen LogP contribution in [0.4, 0.5) is 0 Å². The molecule has 1 fully saturated rings. The van der Waals surface area contributed by atoms with Gasteiger partial charge in [0.2, 0.25) is 0 Å². The highest BCUT2D eigenvalue weighted by molar-refractivity contribution is 5.69. The highest BCUT2D eigenvalue weighted by atomic mass is 16.5. The molecule has 0 aromatic heterocycles. The van der Waals surface area contributed by atoms with Crippen molar-refractivity contribution in [2.75, 3.05) is 33.4 Å². The number of aliphatic hydroxyl groups is 1. The fraction of sp³-hybridized carbons (Fsp3) is 0.923. The van der Waals surface area contributed by atoms with Crippen molar-refractivity contribution in [2.24, 2.45) is 5.92 Å². The van der Waals surface area contributed by atoms with E-state index in [0.29, 0.717) is 19.1 Å². The number of likely N-dealkylation sites (tertiary alicyclic amines) is 1. The van der Waals surface area contributed by atoms with Crippen molar-refractivity contribution in [3.63, 3.8) is 0 Å². The third-order valence-corrected chi connectivity index (χ3v) is 3.45. The number of esters is 1. The summed E-state index contributed by atoms with van der Waals surface area (Å²) in [5.74, 6) is 0.215. The summed E-state index contributed by atoms with van der Waals surface area (Å²) in [4.78, 5) is 13.4. The van der Waals surface area contributed by atoms with Crippen LogP contribution in [0, 0.1) is 5.92 Å². The van der Waals surface area contributed by atoms with Crippen LogP contribution in [0.3, 0.4) is 0 Å². The van der Waals surface area contributed by atoms with E-state index in [9.17, 15) is 9.90 Å². The Morgan fingerprint density at radius 2 is 2.28 bits per heavy atom. The van der Waals surface area contributed by atoms with Crippen LogP contribution in [0.2, 0.25) is 0 Å². The van der Waals surface area contributed by atoms with Gasteiger partial charge in [-0.15, -0.1) is 0 Å². The molecule has 3 atom stereocenters. The van der Waals surface area contributed by atoms with E-state index in [-0.39, 0.29) is 18.5 Å². The molecule has 0 bridgehead atoms. The molecule has 0 amide bonds. The fourth-order valence-corrected chi connectivity index (χ4v) is 2.35. The van der Waals surface area contributed by atoms with E-state index in [2.05, 4.69) is 11.8 Å². The highest BCUT2D eigenvalue weighted by Crippen LogP contribution is 2.19. The molecule has 0 aromatic rings. The zero-order valence-electron chi connectivity index (χ0n) is 11.6. The van der Waals surface area contributed by atoms with E-state index in [4.69, 9.17) is 9.47 Å². The molecule has 1 aliphatic rings. The molecule has 1 rings (SSSR count). The molecule has 0 spiro atoms. The maximum absolute atomic E-state index is 11.2. The van der Waals surface area contributed by atoms with E-state index >= 15 is 0 Å². The molecular weight excluding hydrogens is 234 g/mol. The number of methoxy groups -OCH3 is 1. The van der Waals surface area contributed by atoms with Crippen molar-refractivity contribution in [3.8, 4) is 0 Å². The van der Waals surface area contributed by atoms with Gasteiger partial charge in [-0.25, -0.2) is 0 Å². The Labute approximate surface area is 109 Å².